The van der Waals surface area contributed by atoms with E-state index in [0.717, 1.165) is 6.07 Å². The molecule has 0 radical (unpaired) electrons. The number of nitro groups is 1. The van der Waals surface area contributed by atoms with Crippen LogP contribution < -0.4 is 5.32 Å². The van der Waals surface area contributed by atoms with E-state index in [9.17, 15) is 19.3 Å². The van der Waals surface area contributed by atoms with E-state index < -0.39 is 16.6 Å². The zero-order chi connectivity index (χ0) is 15.6. The Morgan fingerprint density at radius 3 is 2.43 bits per heavy atom. The second-order valence-electron chi connectivity index (χ2n) is 4.00. The highest BCUT2D eigenvalue weighted by Gasteiger charge is 2.13. The minimum Gasteiger partial charge on any atom is -0.321 e. The van der Waals surface area contributed by atoms with Crippen molar-refractivity contribution in [3.05, 3.63) is 66.8 Å². The molecule has 108 valence electrons. The Morgan fingerprint density at radius 1 is 1.14 bits per heavy atom. The minimum absolute atomic E-state index is 0.102. The van der Waals surface area contributed by atoms with Gasteiger partial charge in [0.25, 0.3) is 11.6 Å². The van der Waals surface area contributed by atoms with Gasteiger partial charge < -0.3 is 5.32 Å². The summed E-state index contributed by atoms with van der Waals surface area (Å²) in [4.78, 5) is 22.1. The van der Waals surface area contributed by atoms with E-state index >= 15 is 0 Å². The SMILES string of the molecule is O=C(Nc1ccc([N+](=O)[O-])cc1Br)c1ccc(Br)c(F)c1. The fraction of sp³-hybridized carbons (Fsp3) is 0. The van der Waals surface area contributed by atoms with E-state index in [2.05, 4.69) is 37.2 Å². The van der Waals surface area contributed by atoms with E-state index in [4.69, 9.17) is 0 Å². The van der Waals surface area contributed by atoms with Crippen LogP contribution in [0.15, 0.2) is 45.3 Å². The molecule has 0 fully saturated rings. The van der Waals surface area contributed by atoms with E-state index in [1.165, 1.54) is 30.3 Å². The fourth-order valence-electron chi connectivity index (χ4n) is 1.55. The standard InChI is InChI=1S/C13H7Br2FN2O3/c14-9-3-1-7(5-11(9)16)13(19)17-12-4-2-8(18(20)21)6-10(12)15/h1-6H,(H,17,19). The molecule has 0 saturated carbocycles. The summed E-state index contributed by atoms with van der Waals surface area (Å²) in [5.41, 5.74) is 0.393. The van der Waals surface area contributed by atoms with Crippen LogP contribution in [0, 0.1) is 15.9 Å². The van der Waals surface area contributed by atoms with Crippen molar-refractivity contribution in [2.24, 2.45) is 0 Å². The van der Waals surface area contributed by atoms with Gasteiger partial charge in [-0.15, -0.1) is 0 Å². The van der Waals surface area contributed by atoms with Crippen LogP contribution in [0.25, 0.3) is 0 Å². The summed E-state index contributed by atoms with van der Waals surface area (Å²) in [6.45, 7) is 0. The lowest BCUT2D eigenvalue weighted by Crippen LogP contribution is -2.12. The summed E-state index contributed by atoms with van der Waals surface area (Å²) in [7, 11) is 0. The highest BCUT2D eigenvalue weighted by atomic mass is 79.9. The molecule has 0 aliphatic heterocycles. The summed E-state index contributed by atoms with van der Waals surface area (Å²) in [5, 5.41) is 13.2. The summed E-state index contributed by atoms with van der Waals surface area (Å²) >= 11 is 6.14. The van der Waals surface area contributed by atoms with E-state index in [1.54, 1.807) is 0 Å². The monoisotopic (exact) mass is 416 g/mol. The first-order valence-corrected chi connectivity index (χ1v) is 7.17. The third-order valence-corrected chi connectivity index (χ3v) is 3.89. The van der Waals surface area contributed by atoms with Crippen LogP contribution in [-0.4, -0.2) is 10.8 Å². The van der Waals surface area contributed by atoms with Gasteiger partial charge in [-0.3, -0.25) is 14.9 Å². The lowest BCUT2D eigenvalue weighted by Gasteiger charge is -2.07. The summed E-state index contributed by atoms with van der Waals surface area (Å²) in [6, 6.07) is 7.92. The van der Waals surface area contributed by atoms with Crippen molar-refractivity contribution in [1.29, 1.82) is 0 Å². The molecule has 1 amide bonds. The maximum Gasteiger partial charge on any atom is 0.270 e. The van der Waals surface area contributed by atoms with Crippen LogP contribution in [-0.2, 0) is 0 Å². The minimum atomic E-state index is -0.551. The van der Waals surface area contributed by atoms with Gasteiger partial charge >= 0.3 is 0 Å². The van der Waals surface area contributed by atoms with Gasteiger partial charge in [0, 0.05) is 22.2 Å². The molecule has 21 heavy (non-hydrogen) atoms. The van der Waals surface area contributed by atoms with Crippen molar-refractivity contribution in [2.45, 2.75) is 0 Å². The highest BCUT2D eigenvalue weighted by Crippen LogP contribution is 2.27. The van der Waals surface area contributed by atoms with Gasteiger partial charge in [-0.05, 0) is 56.1 Å². The van der Waals surface area contributed by atoms with Crippen molar-refractivity contribution >= 4 is 49.1 Å². The highest BCUT2D eigenvalue weighted by molar-refractivity contribution is 9.10. The average molecular weight is 418 g/mol. The van der Waals surface area contributed by atoms with Crippen LogP contribution in [0.4, 0.5) is 15.8 Å². The van der Waals surface area contributed by atoms with Gasteiger partial charge in [0.1, 0.15) is 5.82 Å². The smallest absolute Gasteiger partial charge is 0.270 e. The third kappa shape index (κ3) is 3.64. The fourth-order valence-corrected chi connectivity index (χ4v) is 2.26. The van der Waals surface area contributed by atoms with Crippen molar-refractivity contribution in [2.75, 3.05) is 5.32 Å². The van der Waals surface area contributed by atoms with E-state index in [0.29, 0.717) is 10.2 Å². The van der Waals surface area contributed by atoms with E-state index in [-0.39, 0.29) is 15.7 Å². The number of hydrogen-bond donors (Lipinski definition) is 1. The van der Waals surface area contributed by atoms with Crippen LogP contribution in [0.1, 0.15) is 10.4 Å². The predicted octanol–water partition coefficient (Wildman–Crippen LogP) is 4.51. The molecule has 0 spiro atoms. The largest absolute Gasteiger partial charge is 0.321 e. The molecule has 0 heterocycles. The normalized spacial score (nSPS) is 10.2. The molecule has 0 unspecified atom stereocenters. The summed E-state index contributed by atoms with van der Waals surface area (Å²) in [6.07, 6.45) is 0. The maximum atomic E-state index is 13.4. The Morgan fingerprint density at radius 2 is 1.86 bits per heavy atom. The number of carbonyl (C=O) groups excluding carboxylic acids is 1. The molecule has 0 bridgehead atoms. The van der Waals surface area contributed by atoms with Gasteiger partial charge in [-0.1, -0.05) is 0 Å². The van der Waals surface area contributed by atoms with Crippen LogP contribution in [0.3, 0.4) is 0 Å². The molecular weight excluding hydrogens is 411 g/mol. The molecule has 5 nitrogen and oxygen atoms in total. The number of halogens is 3. The molecule has 2 aromatic rings. The molecule has 8 heteroatoms. The van der Waals surface area contributed by atoms with Crippen molar-refractivity contribution < 1.29 is 14.1 Å². The number of non-ortho nitro benzene ring substituents is 1. The number of nitrogens with zero attached hydrogens (tertiary/aromatic N) is 1. The second-order valence-corrected chi connectivity index (χ2v) is 5.71. The van der Waals surface area contributed by atoms with Crippen LogP contribution in [0.2, 0.25) is 0 Å². The van der Waals surface area contributed by atoms with Crippen LogP contribution >= 0.6 is 31.9 Å². The van der Waals surface area contributed by atoms with Crippen molar-refractivity contribution in [1.82, 2.24) is 0 Å². The van der Waals surface area contributed by atoms with E-state index in [1.807, 2.05) is 0 Å². The molecular formula is C13H7Br2FN2O3. The number of rotatable bonds is 3. The average Bonchev–Trinajstić information content (AvgIpc) is 2.43. The molecule has 0 saturated heterocycles. The summed E-state index contributed by atoms with van der Waals surface area (Å²) in [5.74, 6) is -1.07. The molecule has 2 rings (SSSR count). The number of anilines is 1. The van der Waals surface area contributed by atoms with Gasteiger partial charge in [-0.25, -0.2) is 4.39 Å². The van der Waals surface area contributed by atoms with Crippen LogP contribution in [0.5, 0.6) is 0 Å². The maximum absolute atomic E-state index is 13.4. The number of amides is 1. The molecule has 0 aromatic heterocycles. The number of nitrogens with one attached hydrogen (secondary N) is 1. The Kier molecular flexibility index (Phi) is 4.69. The Labute approximate surface area is 135 Å². The third-order valence-electron chi connectivity index (χ3n) is 2.59. The molecule has 2 aromatic carbocycles. The number of carbonyl (C=O) groups is 1. The quantitative estimate of drug-likeness (QED) is 0.589. The van der Waals surface area contributed by atoms with Crippen molar-refractivity contribution in [3.8, 4) is 0 Å². The molecule has 0 aliphatic rings. The van der Waals surface area contributed by atoms with Gasteiger partial charge in [0.05, 0.1) is 15.1 Å². The second kappa shape index (κ2) is 6.31. The first-order valence-electron chi connectivity index (χ1n) is 5.59. The van der Waals surface area contributed by atoms with Gasteiger partial charge in [0.2, 0.25) is 0 Å². The lowest BCUT2D eigenvalue weighted by molar-refractivity contribution is -0.384. The lowest BCUT2D eigenvalue weighted by atomic mass is 10.2. The Bertz CT molecular complexity index is 737. The summed E-state index contributed by atoms with van der Waals surface area (Å²) < 4.78 is 14.0. The number of nitro benzene ring substituents is 1. The molecule has 1 N–H and O–H groups in total. The van der Waals surface area contributed by atoms with Crippen molar-refractivity contribution in [3.63, 3.8) is 0 Å². The Balaban J connectivity index is 2.23. The number of hydrogen-bond acceptors (Lipinski definition) is 3. The number of benzene rings is 2. The zero-order valence-corrected chi connectivity index (χ0v) is 13.4. The first-order chi connectivity index (χ1) is 9.88. The Hall–Kier alpha value is -1.80. The zero-order valence-electron chi connectivity index (χ0n) is 10.3. The topological polar surface area (TPSA) is 72.2 Å². The predicted molar refractivity (Wildman–Crippen MR) is 82.8 cm³/mol. The molecule has 0 aliphatic carbocycles. The first kappa shape index (κ1) is 15.6. The molecule has 0 atom stereocenters. The van der Waals surface area contributed by atoms with Gasteiger partial charge in [0.15, 0.2) is 0 Å². The van der Waals surface area contributed by atoms with Gasteiger partial charge in [-0.2, -0.15) is 0 Å².